The van der Waals surface area contributed by atoms with E-state index >= 15 is 0 Å². The molecule has 0 saturated heterocycles. The van der Waals surface area contributed by atoms with Gasteiger partial charge in [0.1, 0.15) is 5.75 Å². The number of hydroxylamine groups is 1. The average molecular weight is 451 g/mol. The smallest absolute Gasteiger partial charge is 0.119 e. The van der Waals surface area contributed by atoms with Crippen molar-refractivity contribution in [3.05, 3.63) is 84.1 Å². The highest BCUT2D eigenvalue weighted by Gasteiger charge is 2.21. The molecule has 0 radical (unpaired) electrons. The molecular formula is C26H34N4O3. The summed E-state index contributed by atoms with van der Waals surface area (Å²) in [5.74, 6) is 6.98. The fourth-order valence-corrected chi connectivity index (χ4v) is 3.56. The van der Waals surface area contributed by atoms with Crippen LogP contribution in [-0.2, 0) is 13.0 Å². The zero-order valence-electron chi connectivity index (χ0n) is 19.1. The van der Waals surface area contributed by atoms with Gasteiger partial charge in [-0.3, -0.25) is 10.8 Å². The van der Waals surface area contributed by atoms with Crippen molar-refractivity contribution in [3.8, 4) is 17.0 Å². The molecule has 2 atom stereocenters. The molecule has 0 spiro atoms. The zero-order valence-corrected chi connectivity index (χ0v) is 19.1. The molecule has 3 aromatic rings. The topological polar surface area (TPSA) is 104 Å². The molecule has 3 rings (SSSR count). The number of hydrogen-bond donors (Lipinski definition) is 4. The Kier molecular flexibility index (Phi) is 9.80. The number of nitrogens with one attached hydrogen (secondary N) is 1. The molecule has 1 aromatic heterocycles. The molecule has 0 amide bonds. The average Bonchev–Trinajstić information content (AvgIpc) is 2.84. The van der Waals surface area contributed by atoms with Crippen molar-refractivity contribution in [2.75, 3.05) is 13.2 Å². The Morgan fingerprint density at radius 1 is 1.03 bits per heavy atom. The Morgan fingerprint density at radius 2 is 1.76 bits per heavy atom. The van der Waals surface area contributed by atoms with Crippen LogP contribution in [0.1, 0.15) is 30.9 Å². The standard InChI is InChI=1S/C26H34N4O3/c1-2-3-16-33-23-13-9-20(10-14-23)17-25(29-32)26(31)19-30(27)18-21-7-11-22(12-8-21)24-6-4-5-15-28-24/h4-15,25-26,29,31-32H,2-3,16-19,27H2,1H3. The number of ether oxygens (including phenoxy) is 1. The van der Waals surface area contributed by atoms with E-state index in [1.807, 2.05) is 66.7 Å². The van der Waals surface area contributed by atoms with E-state index in [4.69, 9.17) is 10.6 Å². The van der Waals surface area contributed by atoms with E-state index in [0.29, 0.717) is 19.6 Å². The fourth-order valence-electron chi connectivity index (χ4n) is 3.56. The molecule has 0 aliphatic heterocycles. The number of hydrazine groups is 1. The van der Waals surface area contributed by atoms with E-state index in [1.54, 1.807) is 11.2 Å². The highest BCUT2D eigenvalue weighted by molar-refractivity contribution is 5.58. The number of aliphatic hydroxyl groups is 1. The van der Waals surface area contributed by atoms with Crippen LogP contribution in [0.4, 0.5) is 0 Å². The first-order chi connectivity index (χ1) is 16.1. The van der Waals surface area contributed by atoms with Crippen LogP contribution in [0.3, 0.4) is 0 Å². The number of aliphatic hydroxyl groups excluding tert-OH is 1. The monoisotopic (exact) mass is 450 g/mol. The van der Waals surface area contributed by atoms with Gasteiger partial charge in [-0.1, -0.05) is 55.8 Å². The Morgan fingerprint density at radius 3 is 2.39 bits per heavy atom. The van der Waals surface area contributed by atoms with Gasteiger partial charge in [0.05, 0.1) is 24.4 Å². The van der Waals surface area contributed by atoms with E-state index < -0.39 is 12.1 Å². The summed E-state index contributed by atoms with van der Waals surface area (Å²) in [5.41, 5.74) is 6.19. The maximum Gasteiger partial charge on any atom is 0.119 e. The summed E-state index contributed by atoms with van der Waals surface area (Å²) in [7, 11) is 0. The van der Waals surface area contributed by atoms with Crippen LogP contribution < -0.4 is 16.1 Å². The first kappa shape index (κ1) is 24.8. The number of nitrogens with zero attached hydrogens (tertiary/aromatic N) is 2. The molecule has 7 heteroatoms. The highest BCUT2D eigenvalue weighted by atomic mass is 16.5. The Labute approximate surface area is 195 Å². The molecule has 2 unspecified atom stereocenters. The van der Waals surface area contributed by atoms with Crippen LogP contribution >= 0.6 is 0 Å². The van der Waals surface area contributed by atoms with E-state index in [0.717, 1.165) is 41.0 Å². The van der Waals surface area contributed by atoms with Gasteiger partial charge < -0.3 is 15.1 Å². The first-order valence-corrected chi connectivity index (χ1v) is 11.4. The van der Waals surface area contributed by atoms with Gasteiger partial charge in [0, 0.05) is 24.8 Å². The third-order valence-corrected chi connectivity index (χ3v) is 5.50. The second kappa shape index (κ2) is 13.0. The Bertz CT molecular complexity index is 936. The molecule has 0 fully saturated rings. The van der Waals surface area contributed by atoms with Crippen molar-refractivity contribution in [1.82, 2.24) is 15.5 Å². The van der Waals surface area contributed by atoms with E-state index in [2.05, 4.69) is 17.4 Å². The molecule has 176 valence electrons. The number of unbranched alkanes of at least 4 members (excludes halogenated alkanes) is 1. The maximum absolute atomic E-state index is 10.6. The van der Waals surface area contributed by atoms with E-state index in [1.165, 1.54) is 0 Å². The molecular weight excluding hydrogens is 416 g/mol. The normalized spacial score (nSPS) is 13.1. The lowest BCUT2D eigenvalue weighted by atomic mass is 10.0. The second-order valence-electron chi connectivity index (χ2n) is 8.19. The molecule has 0 bridgehead atoms. The third-order valence-electron chi connectivity index (χ3n) is 5.50. The molecule has 33 heavy (non-hydrogen) atoms. The van der Waals surface area contributed by atoms with Gasteiger partial charge in [-0.05, 0) is 48.2 Å². The first-order valence-electron chi connectivity index (χ1n) is 11.4. The minimum absolute atomic E-state index is 0.207. The van der Waals surface area contributed by atoms with Crippen LogP contribution in [0.15, 0.2) is 72.9 Å². The van der Waals surface area contributed by atoms with Gasteiger partial charge in [0.15, 0.2) is 0 Å². The number of rotatable bonds is 13. The molecule has 0 aliphatic carbocycles. The Hall–Kier alpha value is -2.81. The fraction of sp³-hybridized carbons (Fsp3) is 0.346. The summed E-state index contributed by atoms with van der Waals surface area (Å²) in [4.78, 5) is 4.36. The molecule has 1 heterocycles. The van der Waals surface area contributed by atoms with Crippen molar-refractivity contribution in [2.24, 2.45) is 5.84 Å². The Balaban J connectivity index is 1.49. The van der Waals surface area contributed by atoms with Gasteiger partial charge >= 0.3 is 0 Å². The van der Waals surface area contributed by atoms with Gasteiger partial charge in [0.25, 0.3) is 0 Å². The molecule has 7 nitrogen and oxygen atoms in total. The van der Waals surface area contributed by atoms with Crippen molar-refractivity contribution in [1.29, 1.82) is 0 Å². The van der Waals surface area contributed by atoms with Gasteiger partial charge in [-0.2, -0.15) is 5.48 Å². The van der Waals surface area contributed by atoms with Crippen molar-refractivity contribution >= 4 is 0 Å². The summed E-state index contributed by atoms with van der Waals surface area (Å²) in [6.07, 6.45) is 3.49. The molecule has 2 aromatic carbocycles. The van der Waals surface area contributed by atoms with E-state index in [9.17, 15) is 10.3 Å². The highest BCUT2D eigenvalue weighted by Crippen LogP contribution is 2.18. The molecule has 0 saturated carbocycles. The van der Waals surface area contributed by atoms with Crippen molar-refractivity contribution < 1.29 is 15.1 Å². The third kappa shape index (κ3) is 7.92. The maximum atomic E-state index is 10.6. The SMILES string of the molecule is CCCCOc1ccc(CC(NO)C(O)CN(N)Cc2ccc(-c3ccccn3)cc2)cc1. The van der Waals surface area contributed by atoms with Gasteiger partial charge in [0.2, 0.25) is 0 Å². The largest absolute Gasteiger partial charge is 0.494 e. The summed E-state index contributed by atoms with van der Waals surface area (Å²) in [6, 6.07) is 21.0. The number of nitrogens with two attached hydrogens (primary N) is 1. The van der Waals surface area contributed by atoms with E-state index in [-0.39, 0.29) is 6.54 Å². The summed E-state index contributed by atoms with van der Waals surface area (Å²) < 4.78 is 5.68. The van der Waals surface area contributed by atoms with Crippen LogP contribution in [0.5, 0.6) is 5.75 Å². The number of aromatic nitrogens is 1. The second-order valence-corrected chi connectivity index (χ2v) is 8.19. The van der Waals surface area contributed by atoms with Crippen LogP contribution in [0, 0.1) is 0 Å². The van der Waals surface area contributed by atoms with Crippen molar-refractivity contribution in [2.45, 2.75) is 44.9 Å². The minimum Gasteiger partial charge on any atom is -0.494 e. The summed E-state index contributed by atoms with van der Waals surface area (Å²) in [6.45, 7) is 3.51. The predicted octanol–water partition coefficient (Wildman–Crippen LogP) is 3.55. The van der Waals surface area contributed by atoms with Crippen LogP contribution in [0.2, 0.25) is 0 Å². The zero-order chi connectivity index (χ0) is 23.5. The summed E-state index contributed by atoms with van der Waals surface area (Å²) in [5, 5.41) is 21.8. The van der Waals surface area contributed by atoms with Gasteiger partial charge in [-0.25, -0.2) is 5.01 Å². The van der Waals surface area contributed by atoms with Crippen molar-refractivity contribution in [3.63, 3.8) is 0 Å². The molecule has 0 aliphatic rings. The predicted molar refractivity (Wildman–Crippen MR) is 130 cm³/mol. The number of benzene rings is 2. The van der Waals surface area contributed by atoms with Crippen LogP contribution in [0.25, 0.3) is 11.3 Å². The lowest BCUT2D eigenvalue weighted by Crippen LogP contribution is -2.48. The number of pyridine rings is 1. The van der Waals surface area contributed by atoms with Gasteiger partial charge in [-0.15, -0.1) is 0 Å². The lowest BCUT2D eigenvalue weighted by molar-refractivity contribution is 0.0180. The molecule has 5 N–H and O–H groups in total. The van der Waals surface area contributed by atoms with Crippen LogP contribution in [-0.4, -0.2) is 45.6 Å². The minimum atomic E-state index is -0.853. The number of hydrogen-bond acceptors (Lipinski definition) is 7. The quantitative estimate of drug-likeness (QED) is 0.179. The summed E-state index contributed by atoms with van der Waals surface area (Å²) >= 11 is 0. The lowest BCUT2D eigenvalue weighted by Gasteiger charge is -2.26.